The molecular formula is C26H28BrClN4O9. The molecule has 0 aliphatic carbocycles. The van der Waals surface area contributed by atoms with Gasteiger partial charge in [-0.25, -0.2) is 14.4 Å². The largest absolute Gasteiger partial charge is 0.490 e. The van der Waals surface area contributed by atoms with Crippen LogP contribution in [0.1, 0.15) is 31.0 Å². The summed E-state index contributed by atoms with van der Waals surface area (Å²) in [6.45, 7) is 2.94. The minimum Gasteiger partial charge on any atom is -0.490 e. The number of nitrogens with zero attached hydrogens (tertiary/aromatic N) is 1. The number of benzene rings is 2. The second-order valence-electron chi connectivity index (χ2n) is 8.41. The molecule has 0 radical (unpaired) electrons. The molecule has 220 valence electrons. The highest BCUT2D eigenvalue weighted by Gasteiger charge is 2.32. The van der Waals surface area contributed by atoms with E-state index in [2.05, 4.69) is 37.1 Å². The van der Waals surface area contributed by atoms with Gasteiger partial charge in [-0.2, -0.15) is 5.10 Å². The van der Waals surface area contributed by atoms with E-state index in [4.69, 9.17) is 35.7 Å². The van der Waals surface area contributed by atoms with E-state index in [1.54, 1.807) is 38.1 Å². The molecule has 0 unspecified atom stereocenters. The Morgan fingerprint density at radius 3 is 2.63 bits per heavy atom. The fourth-order valence-corrected chi connectivity index (χ4v) is 4.73. The van der Waals surface area contributed by atoms with Crippen LogP contribution in [0.5, 0.6) is 17.2 Å². The third-order valence-corrected chi connectivity index (χ3v) is 6.34. The Morgan fingerprint density at radius 1 is 1.22 bits per heavy atom. The molecule has 15 heteroatoms. The second-order valence-corrected chi connectivity index (χ2v) is 9.67. The third kappa shape index (κ3) is 8.49. The van der Waals surface area contributed by atoms with Gasteiger partial charge in [-0.1, -0.05) is 17.7 Å². The van der Waals surface area contributed by atoms with E-state index in [1.165, 1.54) is 19.4 Å². The predicted molar refractivity (Wildman–Crippen MR) is 151 cm³/mol. The van der Waals surface area contributed by atoms with Crippen molar-refractivity contribution >= 4 is 51.7 Å². The van der Waals surface area contributed by atoms with Gasteiger partial charge in [-0.15, -0.1) is 0 Å². The van der Waals surface area contributed by atoms with Crippen molar-refractivity contribution in [3.63, 3.8) is 0 Å². The van der Waals surface area contributed by atoms with Gasteiger partial charge in [0.2, 0.25) is 0 Å². The first kappa shape index (κ1) is 31.5. The first-order chi connectivity index (χ1) is 19.5. The maximum atomic E-state index is 12.4. The van der Waals surface area contributed by atoms with E-state index in [0.717, 1.165) is 0 Å². The molecule has 2 atom stereocenters. The number of carbonyl (C=O) groups excluding carboxylic acids is 2. The van der Waals surface area contributed by atoms with Gasteiger partial charge in [0.15, 0.2) is 30.1 Å². The van der Waals surface area contributed by atoms with Crippen molar-refractivity contribution < 1.29 is 43.5 Å². The number of hydrazone groups is 1. The number of rotatable bonds is 13. The lowest BCUT2D eigenvalue weighted by Gasteiger charge is -2.28. The normalized spacial score (nSPS) is 15.6. The Kier molecular flexibility index (Phi) is 11.2. The first-order valence-electron chi connectivity index (χ1n) is 12.1. The van der Waals surface area contributed by atoms with Crippen molar-refractivity contribution in [1.82, 2.24) is 16.1 Å². The maximum absolute atomic E-state index is 12.4. The number of methoxy groups -OCH3 is 1. The molecule has 1 heterocycles. The Bertz CT molecular complexity index is 1350. The molecule has 0 bridgehead atoms. The molecule has 2 aromatic carbocycles. The van der Waals surface area contributed by atoms with Crippen LogP contribution in [-0.2, 0) is 14.3 Å². The van der Waals surface area contributed by atoms with Crippen LogP contribution in [0.15, 0.2) is 51.2 Å². The standard InChI is InChI=1S/C26H28BrClN4O9/c1-4-39-19-9-15(23-22(25(36)38-3)13(2)30-26(37)31-23)5-6-18(19)40-11-20(33)32-29-10-14-7-16(27)24(17(28)8-14)41-12-21(34)35/h5-10,20,23,32-33H,4,11-12H2,1-3H3,(H,34,35)(H2,30,31,37)/b29-10-/t20-,23+/m0/s1. The molecule has 2 amide bonds. The van der Waals surface area contributed by atoms with Crippen molar-refractivity contribution in [3.05, 3.63) is 62.2 Å². The van der Waals surface area contributed by atoms with Crippen molar-refractivity contribution in [2.75, 3.05) is 26.9 Å². The zero-order chi connectivity index (χ0) is 30.1. The van der Waals surface area contributed by atoms with E-state index in [1.807, 2.05) is 0 Å². The Hall–Kier alpha value is -4.01. The summed E-state index contributed by atoms with van der Waals surface area (Å²) >= 11 is 9.44. The lowest BCUT2D eigenvalue weighted by molar-refractivity contribution is -0.139. The molecule has 13 nitrogen and oxygen atoms in total. The number of aliphatic carboxylic acids is 1. The van der Waals surface area contributed by atoms with Crippen molar-refractivity contribution in [2.24, 2.45) is 5.10 Å². The van der Waals surface area contributed by atoms with E-state index >= 15 is 0 Å². The molecule has 0 saturated heterocycles. The van der Waals surface area contributed by atoms with Crippen molar-refractivity contribution in [2.45, 2.75) is 26.1 Å². The fourth-order valence-electron chi connectivity index (χ4n) is 3.75. The third-order valence-electron chi connectivity index (χ3n) is 5.47. The lowest BCUT2D eigenvalue weighted by Crippen LogP contribution is -2.45. The molecule has 0 spiro atoms. The van der Waals surface area contributed by atoms with E-state index in [9.17, 15) is 19.5 Å². The average molecular weight is 656 g/mol. The minimum atomic E-state index is -1.21. The van der Waals surface area contributed by atoms with Crippen LogP contribution in [0, 0.1) is 0 Å². The smallest absolute Gasteiger partial charge is 0.341 e. The van der Waals surface area contributed by atoms with Crippen LogP contribution in [0.4, 0.5) is 4.79 Å². The number of halogens is 2. The predicted octanol–water partition coefficient (Wildman–Crippen LogP) is 3.09. The number of carbonyl (C=O) groups is 3. The molecular weight excluding hydrogens is 628 g/mol. The summed E-state index contributed by atoms with van der Waals surface area (Å²) in [5.41, 5.74) is 4.24. The zero-order valence-electron chi connectivity index (χ0n) is 22.2. The maximum Gasteiger partial charge on any atom is 0.341 e. The number of esters is 1. The summed E-state index contributed by atoms with van der Waals surface area (Å²) in [6.07, 6.45) is 0.181. The molecule has 0 fully saturated rings. The molecule has 1 aliphatic rings. The molecule has 1 aliphatic heterocycles. The van der Waals surface area contributed by atoms with Crippen LogP contribution >= 0.6 is 27.5 Å². The van der Waals surface area contributed by atoms with E-state index < -0.39 is 36.8 Å². The Balaban J connectivity index is 1.67. The highest BCUT2D eigenvalue weighted by atomic mass is 79.9. The Labute approximate surface area is 248 Å². The summed E-state index contributed by atoms with van der Waals surface area (Å²) in [5, 5.41) is 28.5. The molecule has 0 aromatic heterocycles. The Morgan fingerprint density at radius 2 is 1.98 bits per heavy atom. The van der Waals surface area contributed by atoms with Gasteiger partial charge in [0.25, 0.3) is 0 Å². The van der Waals surface area contributed by atoms with Gasteiger partial charge in [0, 0.05) is 5.70 Å². The van der Waals surface area contributed by atoms with Crippen LogP contribution in [0.3, 0.4) is 0 Å². The number of urea groups is 1. The number of hydrogen-bond acceptors (Lipinski definition) is 10. The summed E-state index contributed by atoms with van der Waals surface area (Å²) in [5.74, 6) is -0.906. The number of amides is 2. The number of carboxylic acids is 1. The van der Waals surface area contributed by atoms with Crippen LogP contribution in [-0.4, -0.2) is 67.6 Å². The van der Waals surface area contributed by atoms with Gasteiger partial charge in [-0.3, -0.25) is 5.43 Å². The fraction of sp³-hybridized carbons (Fsp3) is 0.308. The molecule has 2 aromatic rings. The van der Waals surface area contributed by atoms with Gasteiger partial charge >= 0.3 is 18.0 Å². The van der Waals surface area contributed by atoms with Gasteiger partial charge in [0.05, 0.1) is 41.0 Å². The number of carboxylic acid groups (broad SMARTS) is 1. The quantitative estimate of drug-likeness (QED) is 0.0933. The number of nitrogens with one attached hydrogen (secondary N) is 3. The monoisotopic (exact) mass is 654 g/mol. The molecule has 41 heavy (non-hydrogen) atoms. The van der Waals surface area contributed by atoms with E-state index in [0.29, 0.717) is 39.4 Å². The number of allylic oxidation sites excluding steroid dienone is 1. The topological polar surface area (TPSA) is 177 Å². The first-order valence-corrected chi connectivity index (χ1v) is 13.3. The van der Waals surface area contributed by atoms with Gasteiger partial charge in [-0.05, 0) is 65.2 Å². The van der Waals surface area contributed by atoms with Crippen LogP contribution in [0.2, 0.25) is 5.02 Å². The zero-order valence-corrected chi connectivity index (χ0v) is 24.5. The average Bonchev–Trinajstić information content (AvgIpc) is 2.91. The number of ether oxygens (including phenoxy) is 4. The summed E-state index contributed by atoms with van der Waals surface area (Å²) in [6, 6.07) is 6.77. The van der Waals surface area contributed by atoms with Crippen LogP contribution in [0.25, 0.3) is 0 Å². The number of aliphatic hydroxyl groups excluding tert-OH is 1. The SMILES string of the molecule is CCOc1cc([C@H]2NC(=O)NC(C)=C2C(=O)OC)ccc1OC[C@H](O)N/N=C\c1cc(Cl)c(OCC(=O)O)c(Br)c1. The molecule has 0 saturated carbocycles. The summed E-state index contributed by atoms with van der Waals surface area (Å²) in [7, 11) is 1.26. The summed E-state index contributed by atoms with van der Waals surface area (Å²) in [4.78, 5) is 35.2. The number of aliphatic hydroxyl groups is 1. The van der Waals surface area contributed by atoms with Crippen molar-refractivity contribution in [3.8, 4) is 17.2 Å². The van der Waals surface area contributed by atoms with E-state index in [-0.39, 0.29) is 23.0 Å². The highest BCUT2D eigenvalue weighted by Crippen LogP contribution is 2.35. The molecule has 3 rings (SSSR count). The van der Waals surface area contributed by atoms with Crippen molar-refractivity contribution in [1.29, 1.82) is 0 Å². The van der Waals surface area contributed by atoms with Gasteiger partial charge < -0.3 is 39.8 Å². The lowest BCUT2D eigenvalue weighted by atomic mass is 9.95. The highest BCUT2D eigenvalue weighted by molar-refractivity contribution is 9.10. The van der Waals surface area contributed by atoms with Crippen LogP contribution < -0.4 is 30.3 Å². The summed E-state index contributed by atoms with van der Waals surface area (Å²) < 4.78 is 21.9. The van der Waals surface area contributed by atoms with Gasteiger partial charge in [0.1, 0.15) is 6.61 Å². The number of hydrogen-bond donors (Lipinski definition) is 5. The second kappa shape index (κ2) is 14.6. The molecule has 5 N–H and O–H groups in total. The minimum absolute atomic E-state index is 0.172.